The van der Waals surface area contributed by atoms with Crippen LogP contribution in [0.2, 0.25) is 0 Å². The van der Waals surface area contributed by atoms with E-state index >= 15 is 0 Å². The third kappa shape index (κ3) is 4.45. The summed E-state index contributed by atoms with van der Waals surface area (Å²) in [6.45, 7) is 8.78. The van der Waals surface area contributed by atoms with Gasteiger partial charge in [-0.2, -0.15) is 0 Å². The summed E-state index contributed by atoms with van der Waals surface area (Å²) < 4.78 is 0. The Kier molecular flexibility index (Phi) is 6.53. The maximum atomic E-state index is 2.77. The van der Waals surface area contributed by atoms with Gasteiger partial charge in [-0.25, -0.2) is 0 Å². The molecule has 2 nitrogen and oxygen atoms in total. The van der Waals surface area contributed by atoms with Crippen LogP contribution in [0.1, 0.15) is 38.2 Å². The molecule has 0 bridgehead atoms. The molecular formula is C18H29ClN2. The average molecular weight is 309 g/mol. The summed E-state index contributed by atoms with van der Waals surface area (Å²) in [6.07, 6.45) is 5.62. The van der Waals surface area contributed by atoms with E-state index in [1.807, 2.05) is 0 Å². The van der Waals surface area contributed by atoms with Gasteiger partial charge in [-0.05, 0) is 50.4 Å². The zero-order valence-corrected chi connectivity index (χ0v) is 14.0. The summed E-state index contributed by atoms with van der Waals surface area (Å²) in [5, 5.41) is 0. The van der Waals surface area contributed by atoms with Crippen molar-refractivity contribution < 1.29 is 0 Å². The minimum Gasteiger partial charge on any atom is -0.300 e. The highest BCUT2D eigenvalue weighted by atomic mass is 35.5. The Balaban J connectivity index is 0.00000161. The van der Waals surface area contributed by atoms with E-state index in [1.165, 1.54) is 57.4 Å². The molecule has 2 aliphatic rings. The molecule has 2 aliphatic heterocycles. The van der Waals surface area contributed by atoms with E-state index in [4.69, 9.17) is 0 Å². The molecule has 0 aromatic heterocycles. The molecule has 3 rings (SSSR count). The molecular weight excluding hydrogens is 280 g/mol. The molecule has 0 spiro atoms. The van der Waals surface area contributed by atoms with Gasteiger partial charge in [0.2, 0.25) is 0 Å². The van der Waals surface area contributed by atoms with Crippen LogP contribution in [0.25, 0.3) is 0 Å². The van der Waals surface area contributed by atoms with Crippen LogP contribution in [0.3, 0.4) is 0 Å². The van der Waals surface area contributed by atoms with Gasteiger partial charge in [0, 0.05) is 19.1 Å². The van der Waals surface area contributed by atoms with Crippen LogP contribution in [0.15, 0.2) is 30.3 Å². The van der Waals surface area contributed by atoms with Crippen LogP contribution in [-0.4, -0.2) is 42.0 Å². The quantitative estimate of drug-likeness (QED) is 0.838. The highest BCUT2D eigenvalue weighted by molar-refractivity contribution is 5.85. The van der Waals surface area contributed by atoms with Crippen molar-refractivity contribution in [3.8, 4) is 0 Å². The molecule has 0 N–H and O–H groups in total. The van der Waals surface area contributed by atoms with Gasteiger partial charge in [-0.15, -0.1) is 12.4 Å². The Hall–Kier alpha value is -0.570. The fraction of sp³-hybridized carbons (Fsp3) is 0.667. The van der Waals surface area contributed by atoms with Crippen molar-refractivity contribution in [2.24, 2.45) is 5.92 Å². The number of halogens is 1. The maximum Gasteiger partial charge on any atom is 0.0233 e. The first-order valence-electron chi connectivity index (χ1n) is 8.33. The first-order chi connectivity index (χ1) is 9.83. The first-order valence-corrected chi connectivity index (χ1v) is 8.33. The van der Waals surface area contributed by atoms with Crippen LogP contribution >= 0.6 is 12.4 Å². The molecule has 21 heavy (non-hydrogen) atoms. The Bertz CT molecular complexity index is 403. The van der Waals surface area contributed by atoms with Crippen molar-refractivity contribution >= 4 is 12.4 Å². The third-order valence-corrected chi connectivity index (χ3v) is 5.05. The van der Waals surface area contributed by atoms with E-state index < -0.39 is 0 Å². The summed E-state index contributed by atoms with van der Waals surface area (Å²) in [6, 6.07) is 11.7. The normalized spacial score (nSPS) is 28.0. The zero-order chi connectivity index (χ0) is 13.8. The van der Waals surface area contributed by atoms with Gasteiger partial charge in [0.15, 0.2) is 0 Å². The summed E-state index contributed by atoms with van der Waals surface area (Å²) in [5.74, 6) is 0.811. The lowest BCUT2D eigenvalue weighted by molar-refractivity contribution is 0.0490. The minimum atomic E-state index is 0. The molecule has 118 valence electrons. The van der Waals surface area contributed by atoms with Gasteiger partial charge in [0.1, 0.15) is 0 Å². The topological polar surface area (TPSA) is 6.48 Å². The SMILES string of the molecule is CC1CN(Cc2ccccc2)CCC1N1CCCCC1.Cl. The predicted molar refractivity (Wildman–Crippen MR) is 92.0 cm³/mol. The van der Waals surface area contributed by atoms with E-state index in [0.29, 0.717) is 0 Å². The molecule has 2 fully saturated rings. The van der Waals surface area contributed by atoms with Crippen LogP contribution < -0.4 is 0 Å². The van der Waals surface area contributed by atoms with E-state index in [9.17, 15) is 0 Å². The number of nitrogens with zero attached hydrogens (tertiary/aromatic N) is 2. The van der Waals surface area contributed by atoms with Crippen molar-refractivity contribution in [3.63, 3.8) is 0 Å². The van der Waals surface area contributed by atoms with Crippen LogP contribution in [0.5, 0.6) is 0 Å². The molecule has 0 saturated carbocycles. The Morgan fingerprint density at radius 1 is 1.00 bits per heavy atom. The molecule has 0 aliphatic carbocycles. The summed E-state index contributed by atoms with van der Waals surface area (Å²) in [4.78, 5) is 5.41. The standard InChI is InChI=1S/C18H28N2.ClH/c1-16-14-19(15-17-8-4-2-5-9-17)13-10-18(16)20-11-6-3-7-12-20;/h2,4-5,8-9,16,18H,3,6-7,10-15H2,1H3;1H. The van der Waals surface area contributed by atoms with Gasteiger partial charge < -0.3 is 4.90 Å². The molecule has 3 heteroatoms. The first kappa shape index (κ1) is 16.8. The van der Waals surface area contributed by atoms with Crippen LogP contribution in [0.4, 0.5) is 0 Å². The van der Waals surface area contributed by atoms with Crippen molar-refractivity contribution in [2.75, 3.05) is 26.2 Å². The monoisotopic (exact) mass is 308 g/mol. The van der Waals surface area contributed by atoms with Crippen LogP contribution in [-0.2, 0) is 6.54 Å². The summed E-state index contributed by atoms with van der Waals surface area (Å²) in [7, 11) is 0. The molecule has 0 radical (unpaired) electrons. The largest absolute Gasteiger partial charge is 0.300 e. The van der Waals surface area contributed by atoms with E-state index in [2.05, 4.69) is 47.1 Å². The summed E-state index contributed by atoms with van der Waals surface area (Å²) >= 11 is 0. The highest BCUT2D eigenvalue weighted by Crippen LogP contribution is 2.25. The molecule has 2 heterocycles. The number of piperidine rings is 2. The fourth-order valence-electron chi connectivity index (χ4n) is 4.00. The lowest BCUT2D eigenvalue weighted by Crippen LogP contribution is -2.51. The van der Waals surface area contributed by atoms with Gasteiger partial charge in [0.05, 0.1) is 0 Å². The fourth-order valence-corrected chi connectivity index (χ4v) is 4.00. The molecule has 2 unspecified atom stereocenters. The van der Waals surface area contributed by atoms with Crippen molar-refractivity contribution in [1.29, 1.82) is 0 Å². The lowest BCUT2D eigenvalue weighted by atomic mass is 9.90. The second kappa shape index (κ2) is 8.17. The lowest BCUT2D eigenvalue weighted by Gasteiger charge is -2.44. The molecule has 1 aromatic carbocycles. The molecule has 1 aromatic rings. The molecule has 0 amide bonds. The summed E-state index contributed by atoms with van der Waals surface area (Å²) in [5.41, 5.74) is 1.45. The minimum absolute atomic E-state index is 0. The van der Waals surface area contributed by atoms with Crippen molar-refractivity contribution in [2.45, 2.75) is 45.2 Å². The van der Waals surface area contributed by atoms with Crippen molar-refractivity contribution in [1.82, 2.24) is 9.80 Å². The third-order valence-electron chi connectivity index (χ3n) is 5.05. The van der Waals surface area contributed by atoms with Gasteiger partial charge in [-0.3, -0.25) is 4.90 Å². The predicted octanol–water partition coefficient (Wildman–Crippen LogP) is 3.80. The van der Waals surface area contributed by atoms with Gasteiger partial charge in [-0.1, -0.05) is 43.7 Å². The number of benzene rings is 1. The van der Waals surface area contributed by atoms with Crippen LogP contribution in [0, 0.1) is 5.92 Å². The molecule has 2 atom stereocenters. The Morgan fingerprint density at radius 3 is 2.38 bits per heavy atom. The Labute approximate surface area is 135 Å². The number of hydrogen-bond donors (Lipinski definition) is 0. The van der Waals surface area contributed by atoms with Crippen molar-refractivity contribution in [3.05, 3.63) is 35.9 Å². The van der Waals surface area contributed by atoms with Gasteiger partial charge >= 0.3 is 0 Å². The zero-order valence-electron chi connectivity index (χ0n) is 13.2. The number of hydrogen-bond acceptors (Lipinski definition) is 2. The van der Waals surface area contributed by atoms with E-state index in [1.54, 1.807) is 0 Å². The van der Waals surface area contributed by atoms with Gasteiger partial charge in [0.25, 0.3) is 0 Å². The average Bonchev–Trinajstić information content (AvgIpc) is 2.49. The number of rotatable bonds is 3. The number of likely N-dealkylation sites (tertiary alicyclic amines) is 2. The van der Waals surface area contributed by atoms with E-state index in [0.717, 1.165) is 18.5 Å². The Morgan fingerprint density at radius 2 is 1.71 bits per heavy atom. The highest BCUT2D eigenvalue weighted by Gasteiger charge is 2.30. The van der Waals surface area contributed by atoms with E-state index in [-0.39, 0.29) is 12.4 Å². The molecule has 2 saturated heterocycles. The second-order valence-corrected chi connectivity index (χ2v) is 6.65. The second-order valence-electron chi connectivity index (χ2n) is 6.65. The maximum absolute atomic E-state index is 2.77. The smallest absolute Gasteiger partial charge is 0.0233 e.